The molecule has 19 heavy (non-hydrogen) atoms. The Morgan fingerprint density at radius 1 is 1.53 bits per heavy atom. The van der Waals surface area contributed by atoms with Crippen LogP contribution in [0.15, 0.2) is 28.8 Å². The van der Waals surface area contributed by atoms with E-state index in [1.54, 1.807) is 18.3 Å². The number of anilines is 1. The van der Waals surface area contributed by atoms with Gasteiger partial charge < -0.3 is 14.5 Å². The number of hydrogen-bond acceptors (Lipinski definition) is 5. The fourth-order valence-electron chi connectivity index (χ4n) is 1.53. The van der Waals surface area contributed by atoms with Gasteiger partial charge in [0.25, 0.3) is 0 Å². The van der Waals surface area contributed by atoms with Crippen molar-refractivity contribution in [3.63, 3.8) is 0 Å². The molecule has 0 amide bonds. The van der Waals surface area contributed by atoms with Crippen LogP contribution in [0, 0.1) is 6.92 Å². The SMILES string of the molecule is COC(=O)c1ccc(CNc2cnc(Cl)c(C)c2)o1. The predicted octanol–water partition coefficient (Wildman–Crippen LogP) is 3.04. The smallest absolute Gasteiger partial charge is 0.373 e. The second-order valence-corrected chi connectivity index (χ2v) is 4.30. The molecule has 0 aromatic carbocycles. The van der Waals surface area contributed by atoms with Gasteiger partial charge in [0, 0.05) is 0 Å². The van der Waals surface area contributed by atoms with E-state index in [2.05, 4.69) is 15.0 Å². The molecule has 2 heterocycles. The van der Waals surface area contributed by atoms with E-state index >= 15 is 0 Å². The number of furan rings is 1. The normalized spacial score (nSPS) is 10.3. The fourth-order valence-corrected chi connectivity index (χ4v) is 1.63. The summed E-state index contributed by atoms with van der Waals surface area (Å²) in [4.78, 5) is 15.3. The zero-order valence-electron chi connectivity index (χ0n) is 10.6. The number of aromatic nitrogens is 1. The van der Waals surface area contributed by atoms with E-state index in [9.17, 15) is 4.79 Å². The predicted molar refractivity (Wildman–Crippen MR) is 71.4 cm³/mol. The number of aryl methyl sites for hydroxylation is 1. The van der Waals surface area contributed by atoms with Gasteiger partial charge in [0.1, 0.15) is 10.9 Å². The van der Waals surface area contributed by atoms with Gasteiger partial charge in [-0.1, -0.05) is 11.6 Å². The third-order valence-corrected chi connectivity index (χ3v) is 2.93. The molecule has 0 unspecified atom stereocenters. The molecule has 1 N–H and O–H groups in total. The van der Waals surface area contributed by atoms with Gasteiger partial charge in [-0.05, 0) is 30.7 Å². The first-order chi connectivity index (χ1) is 9.10. The molecule has 2 rings (SSSR count). The molecule has 6 heteroatoms. The highest BCUT2D eigenvalue weighted by Gasteiger charge is 2.10. The van der Waals surface area contributed by atoms with Crippen molar-refractivity contribution in [2.24, 2.45) is 0 Å². The highest BCUT2D eigenvalue weighted by atomic mass is 35.5. The first-order valence-electron chi connectivity index (χ1n) is 5.63. The van der Waals surface area contributed by atoms with E-state index in [1.807, 2.05) is 13.0 Å². The van der Waals surface area contributed by atoms with Crippen LogP contribution in [0.25, 0.3) is 0 Å². The maximum Gasteiger partial charge on any atom is 0.373 e. The van der Waals surface area contributed by atoms with Crippen LogP contribution < -0.4 is 5.32 Å². The first-order valence-corrected chi connectivity index (χ1v) is 6.01. The summed E-state index contributed by atoms with van der Waals surface area (Å²) in [6.07, 6.45) is 1.64. The number of pyridine rings is 1. The summed E-state index contributed by atoms with van der Waals surface area (Å²) in [6.45, 7) is 2.32. The number of nitrogens with zero attached hydrogens (tertiary/aromatic N) is 1. The summed E-state index contributed by atoms with van der Waals surface area (Å²) in [6, 6.07) is 5.18. The van der Waals surface area contributed by atoms with Gasteiger partial charge in [0.05, 0.1) is 25.5 Å². The summed E-state index contributed by atoms with van der Waals surface area (Å²) in [7, 11) is 1.31. The Kier molecular flexibility index (Phi) is 4.06. The molecule has 2 aromatic rings. The lowest BCUT2D eigenvalue weighted by molar-refractivity contribution is 0.0563. The lowest BCUT2D eigenvalue weighted by Crippen LogP contribution is -2.00. The van der Waals surface area contributed by atoms with Crippen LogP contribution in [0.3, 0.4) is 0 Å². The Bertz CT molecular complexity index is 595. The molecule has 2 aromatic heterocycles. The molecule has 0 bridgehead atoms. The van der Waals surface area contributed by atoms with Gasteiger partial charge in [-0.15, -0.1) is 0 Å². The van der Waals surface area contributed by atoms with Crippen LogP contribution in [0.2, 0.25) is 5.15 Å². The number of halogens is 1. The number of carbonyl (C=O) groups excluding carboxylic acids is 1. The van der Waals surface area contributed by atoms with Crippen LogP contribution >= 0.6 is 11.6 Å². The van der Waals surface area contributed by atoms with Crippen molar-refractivity contribution in [3.8, 4) is 0 Å². The molecule has 0 aliphatic carbocycles. The van der Waals surface area contributed by atoms with Gasteiger partial charge in [0.15, 0.2) is 0 Å². The second-order valence-electron chi connectivity index (χ2n) is 3.94. The van der Waals surface area contributed by atoms with E-state index in [0.717, 1.165) is 11.3 Å². The standard InChI is InChI=1S/C13H13ClN2O3/c1-8-5-9(6-16-12(8)14)15-7-10-3-4-11(19-10)13(17)18-2/h3-6,15H,7H2,1-2H3. The minimum Gasteiger partial charge on any atom is -0.463 e. The van der Waals surface area contributed by atoms with E-state index < -0.39 is 5.97 Å². The van der Waals surface area contributed by atoms with Gasteiger partial charge in [-0.3, -0.25) is 0 Å². The Balaban J connectivity index is 2.00. The van der Waals surface area contributed by atoms with Gasteiger partial charge in [0.2, 0.25) is 5.76 Å². The molecule has 0 spiro atoms. The van der Waals surface area contributed by atoms with Crippen LogP contribution in [0.1, 0.15) is 21.9 Å². The number of ether oxygens (including phenoxy) is 1. The van der Waals surface area contributed by atoms with Crippen LogP contribution in [0.4, 0.5) is 5.69 Å². The number of carbonyl (C=O) groups is 1. The third kappa shape index (κ3) is 3.26. The fraction of sp³-hybridized carbons (Fsp3) is 0.231. The molecule has 0 atom stereocenters. The van der Waals surface area contributed by atoms with Crippen LogP contribution in [0.5, 0.6) is 0 Å². The number of rotatable bonds is 4. The number of esters is 1. The Morgan fingerprint density at radius 2 is 2.32 bits per heavy atom. The van der Waals surface area contributed by atoms with E-state index in [4.69, 9.17) is 16.0 Å². The zero-order valence-corrected chi connectivity index (χ0v) is 11.3. The molecule has 0 radical (unpaired) electrons. The summed E-state index contributed by atoms with van der Waals surface area (Å²) in [5, 5.41) is 3.62. The Morgan fingerprint density at radius 3 is 3.00 bits per heavy atom. The number of methoxy groups -OCH3 is 1. The third-order valence-electron chi connectivity index (χ3n) is 2.53. The zero-order chi connectivity index (χ0) is 13.8. The van der Waals surface area contributed by atoms with Crippen molar-refractivity contribution >= 4 is 23.3 Å². The lowest BCUT2D eigenvalue weighted by Gasteiger charge is -2.05. The average Bonchev–Trinajstić information content (AvgIpc) is 2.88. The molecular formula is C13H13ClN2O3. The van der Waals surface area contributed by atoms with Gasteiger partial charge in [-0.25, -0.2) is 9.78 Å². The van der Waals surface area contributed by atoms with Crippen molar-refractivity contribution in [2.45, 2.75) is 13.5 Å². The highest BCUT2D eigenvalue weighted by Crippen LogP contribution is 2.17. The molecule has 0 aliphatic heterocycles. The maximum atomic E-state index is 11.2. The lowest BCUT2D eigenvalue weighted by atomic mass is 10.3. The topological polar surface area (TPSA) is 64.4 Å². The summed E-state index contributed by atoms with van der Waals surface area (Å²) < 4.78 is 9.89. The molecule has 0 fully saturated rings. The summed E-state index contributed by atoms with van der Waals surface area (Å²) in [5.41, 5.74) is 1.72. The minimum absolute atomic E-state index is 0.185. The van der Waals surface area contributed by atoms with Crippen molar-refractivity contribution < 1.29 is 13.9 Å². The molecule has 100 valence electrons. The van der Waals surface area contributed by atoms with Crippen molar-refractivity contribution in [3.05, 3.63) is 46.6 Å². The van der Waals surface area contributed by atoms with Gasteiger partial charge in [-0.2, -0.15) is 0 Å². The monoisotopic (exact) mass is 280 g/mol. The first kappa shape index (κ1) is 13.4. The molecule has 0 saturated carbocycles. The summed E-state index contributed by atoms with van der Waals surface area (Å²) in [5.74, 6) is 0.327. The van der Waals surface area contributed by atoms with Crippen molar-refractivity contribution in [1.82, 2.24) is 4.98 Å². The summed E-state index contributed by atoms with van der Waals surface area (Å²) >= 11 is 5.84. The number of hydrogen-bond donors (Lipinski definition) is 1. The van der Waals surface area contributed by atoms with Gasteiger partial charge >= 0.3 is 5.97 Å². The largest absolute Gasteiger partial charge is 0.463 e. The quantitative estimate of drug-likeness (QED) is 0.689. The Labute approximate surface area is 115 Å². The van der Waals surface area contributed by atoms with Crippen LogP contribution in [-0.2, 0) is 11.3 Å². The van der Waals surface area contributed by atoms with E-state index in [1.165, 1.54) is 7.11 Å². The maximum absolute atomic E-state index is 11.2. The molecular weight excluding hydrogens is 268 g/mol. The van der Waals surface area contributed by atoms with Crippen LogP contribution in [-0.4, -0.2) is 18.1 Å². The molecule has 0 saturated heterocycles. The van der Waals surface area contributed by atoms with E-state index in [-0.39, 0.29) is 5.76 Å². The average molecular weight is 281 g/mol. The van der Waals surface area contributed by atoms with Crippen molar-refractivity contribution in [2.75, 3.05) is 12.4 Å². The Hall–Kier alpha value is -2.01. The second kappa shape index (κ2) is 5.75. The van der Waals surface area contributed by atoms with Crippen molar-refractivity contribution in [1.29, 1.82) is 0 Å². The minimum atomic E-state index is -0.491. The molecule has 5 nitrogen and oxygen atoms in total. The molecule has 0 aliphatic rings. The number of nitrogens with one attached hydrogen (secondary N) is 1. The van der Waals surface area contributed by atoms with E-state index in [0.29, 0.717) is 17.5 Å². The highest BCUT2D eigenvalue weighted by molar-refractivity contribution is 6.30.